The van der Waals surface area contributed by atoms with Crippen molar-refractivity contribution in [1.29, 1.82) is 0 Å². The average Bonchev–Trinajstić information content (AvgIpc) is 2.88. The topological polar surface area (TPSA) is 58.6 Å². The molecule has 1 aliphatic rings. The summed E-state index contributed by atoms with van der Waals surface area (Å²) >= 11 is 0. The number of ether oxygens (including phenoxy) is 1. The maximum Gasteiger partial charge on any atom is 0.256 e. The quantitative estimate of drug-likeness (QED) is 0.876. The molecule has 0 atom stereocenters. The number of carbonyl (C=O) groups excluding carboxylic acids is 1. The molecule has 0 radical (unpaired) electrons. The van der Waals surface area contributed by atoms with Gasteiger partial charge >= 0.3 is 0 Å². The van der Waals surface area contributed by atoms with E-state index >= 15 is 0 Å². The zero-order chi connectivity index (χ0) is 15.5. The van der Waals surface area contributed by atoms with Gasteiger partial charge in [0.25, 0.3) is 5.91 Å². The lowest BCUT2D eigenvalue weighted by atomic mass is 10.0. The third-order valence-electron chi connectivity index (χ3n) is 4.12. The van der Waals surface area contributed by atoms with Gasteiger partial charge in [0.05, 0.1) is 12.7 Å². The fourth-order valence-electron chi connectivity index (χ4n) is 2.66. The lowest BCUT2D eigenvalue weighted by Gasteiger charge is -2.22. The Labute approximate surface area is 126 Å². The molecule has 1 aromatic rings. The molecule has 2 N–H and O–H groups in total. The molecule has 0 unspecified atom stereocenters. The van der Waals surface area contributed by atoms with Crippen LogP contribution in [-0.2, 0) is 16.1 Å². The molecule has 4 heteroatoms. The first-order valence-electron chi connectivity index (χ1n) is 7.66. The van der Waals surface area contributed by atoms with E-state index in [4.69, 9.17) is 4.74 Å². The van der Waals surface area contributed by atoms with E-state index in [2.05, 4.69) is 5.32 Å². The Morgan fingerprint density at radius 3 is 2.67 bits per heavy atom. The Morgan fingerprint density at radius 1 is 1.38 bits per heavy atom. The molecule has 1 amide bonds. The van der Waals surface area contributed by atoms with Crippen LogP contribution < -0.4 is 5.32 Å². The van der Waals surface area contributed by atoms with Crippen LogP contribution in [0, 0.1) is 6.92 Å². The Morgan fingerprint density at radius 2 is 2.05 bits per heavy atom. The fraction of sp³-hybridized carbons (Fsp3) is 0.588. The number of aliphatic hydroxyl groups is 1. The number of nitrogens with one attached hydrogen (secondary N) is 1. The van der Waals surface area contributed by atoms with Crippen molar-refractivity contribution in [2.45, 2.75) is 64.8 Å². The van der Waals surface area contributed by atoms with E-state index in [-0.39, 0.29) is 12.0 Å². The summed E-state index contributed by atoms with van der Waals surface area (Å²) in [6.07, 6.45) is 3.08. The molecular formula is C17H25NO3. The molecule has 21 heavy (non-hydrogen) atoms. The van der Waals surface area contributed by atoms with Crippen LogP contribution in [0.25, 0.3) is 0 Å². The summed E-state index contributed by atoms with van der Waals surface area (Å²) in [5, 5.41) is 13.2. The maximum absolute atomic E-state index is 12.3. The summed E-state index contributed by atoms with van der Waals surface area (Å²) in [6.45, 7) is 6.48. The highest BCUT2D eigenvalue weighted by Crippen LogP contribution is 2.31. The van der Waals surface area contributed by atoms with Crippen molar-refractivity contribution >= 4 is 11.6 Å². The van der Waals surface area contributed by atoms with Gasteiger partial charge in [-0.15, -0.1) is 0 Å². The van der Waals surface area contributed by atoms with E-state index in [1.165, 1.54) is 0 Å². The molecule has 1 aromatic carbocycles. The molecule has 0 bridgehead atoms. The zero-order valence-electron chi connectivity index (χ0n) is 13.1. The van der Waals surface area contributed by atoms with Crippen LogP contribution in [0.2, 0.25) is 0 Å². The fourth-order valence-corrected chi connectivity index (χ4v) is 2.66. The van der Waals surface area contributed by atoms with Gasteiger partial charge in [-0.3, -0.25) is 4.79 Å². The molecule has 0 heterocycles. The molecule has 116 valence electrons. The molecule has 2 rings (SSSR count). The molecule has 1 saturated carbocycles. The van der Waals surface area contributed by atoms with Gasteiger partial charge in [-0.05, 0) is 63.6 Å². The maximum atomic E-state index is 12.3. The van der Waals surface area contributed by atoms with Crippen molar-refractivity contribution in [3.8, 4) is 0 Å². The van der Waals surface area contributed by atoms with Gasteiger partial charge in [-0.25, -0.2) is 0 Å². The lowest BCUT2D eigenvalue weighted by molar-refractivity contribution is -0.133. The van der Waals surface area contributed by atoms with E-state index in [1.54, 1.807) is 0 Å². The summed E-state index contributed by atoms with van der Waals surface area (Å²) < 4.78 is 5.63. The minimum atomic E-state index is -1.20. The number of carbonyl (C=O) groups is 1. The zero-order valence-corrected chi connectivity index (χ0v) is 13.1. The van der Waals surface area contributed by atoms with Crippen molar-refractivity contribution < 1.29 is 14.6 Å². The Bertz CT molecular complexity index is 505. The van der Waals surface area contributed by atoms with Crippen LogP contribution in [0.4, 0.5) is 5.69 Å². The first-order valence-corrected chi connectivity index (χ1v) is 7.66. The number of anilines is 1. The molecule has 4 nitrogen and oxygen atoms in total. The van der Waals surface area contributed by atoms with E-state index in [9.17, 15) is 9.90 Å². The molecule has 1 aliphatic carbocycles. The van der Waals surface area contributed by atoms with Gasteiger partial charge in [0.2, 0.25) is 0 Å². The van der Waals surface area contributed by atoms with Crippen LogP contribution in [-0.4, -0.2) is 22.7 Å². The van der Waals surface area contributed by atoms with Gasteiger partial charge in [0.15, 0.2) is 0 Å². The molecule has 1 fully saturated rings. The molecule has 0 aliphatic heterocycles. The van der Waals surface area contributed by atoms with Crippen LogP contribution in [0.15, 0.2) is 18.2 Å². The van der Waals surface area contributed by atoms with Crippen LogP contribution in [0.5, 0.6) is 0 Å². The van der Waals surface area contributed by atoms with E-state index in [0.29, 0.717) is 19.4 Å². The first-order chi connectivity index (χ1) is 9.92. The third kappa shape index (κ3) is 3.83. The van der Waals surface area contributed by atoms with Gasteiger partial charge in [-0.1, -0.05) is 12.1 Å². The minimum Gasteiger partial charge on any atom is -0.380 e. The summed E-state index contributed by atoms with van der Waals surface area (Å²) in [7, 11) is 0. The summed E-state index contributed by atoms with van der Waals surface area (Å²) in [5.41, 5.74) is 1.61. The van der Waals surface area contributed by atoms with Gasteiger partial charge < -0.3 is 15.2 Å². The first kappa shape index (κ1) is 16.0. The summed E-state index contributed by atoms with van der Waals surface area (Å²) in [5.74, 6) is -0.287. The molecule has 0 aromatic heterocycles. The molecule has 0 spiro atoms. The van der Waals surface area contributed by atoms with Gasteiger partial charge in [-0.2, -0.15) is 0 Å². The molecular weight excluding hydrogens is 266 g/mol. The van der Waals surface area contributed by atoms with E-state index in [1.807, 2.05) is 39.0 Å². The minimum absolute atomic E-state index is 0.168. The van der Waals surface area contributed by atoms with E-state index < -0.39 is 5.60 Å². The second-order valence-corrected chi connectivity index (χ2v) is 6.14. The third-order valence-corrected chi connectivity index (χ3v) is 4.12. The van der Waals surface area contributed by atoms with Gasteiger partial charge in [0, 0.05) is 5.69 Å². The number of hydrogen-bond acceptors (Lipinski definition) is 3. The monoisotopic (exact) mass is 291 g/mol. The number of benzene rings is 1. The van der Waals surface area contributed by atoms with Crippen LogP contribution in [0.3, 0.4) is 0 Å². The highest BCUT2D eigenvalue weighted by atomic mass is 16.5. The van der Waals surface area contributed by atoms with Gasteiger partial charge in [0.1, 0.15) is 5.60 Å². The highest BCUT2D eigenvalue weighted by Gasteiger charge is 2.38. The summed E-state index contributed by atoms with van der Waals surface area (Å²) in [4.78, 5) is 12.3. The van der Waals surface area contributed by atoms with Crippen molar-refractivity contribution in [3.63, 3.8) is 0 Å². The predicted molar refractivity (Wildman–Crippen MR) is 83.2 cm³/mol. The van der Waals surface area contributed by atoms with E-state index in [0.717, 1.165) is 29.7 Å². The smallest absolute Gasteiger partial charge is 0.256 e. The lowest BCUT2D eigenvalue weighted by Crippen LogP contribution is -2.40. The van der Waals surface area contributed by atoms with Crippen molar-refractivity contribution in [1.82, 2.24) is 0 Å². The van der Waals surface area contributed by atoms with Crippen molar-refractivity contribution in [2.75, 3.05) is 5.32 Å². The Kier molecular flexibility index (Phi) is 5.01. The summed E-state index contributed by atoms with van der Waals surface area (Å²) in [6, 6.07) is 5.77. The Balaban J connectivity index is 2.09. The average molecular weight is 291 g/mol. The second kappa shape index (κ2) is 6.58. The normalized spacial score (nSPS) is 17.2. The van der Waals surface area contributed by atoms with Crippen LogP contribution in [0.1, 0.15) is 50.7 Å². The molecule has 0 saturated heterocycles. The number of rotatable bonds is 5. The second-order valence-electron chi connectivity index (χ2n) is 6.14. The Hall–Kier alpha value is -1.39. The number of amides is 1. The van der Waals surface area contributed by atoms with Crippen molar-refractivity contribution in [3.05, 3.63) is 29.3 Å². The SMILES string of the molecule is Cc1c(COC(C)C)cccc1NC(=O)C1(O)CCCC1. The van der Waals surface area contributed by atoms with Crippen LogP contribution >= 0.6 is 0 Å². The highest BCUT2D eigenvalue weighted by molar-refractivity contribution is 5.98. The number of hydrogen-bond donors (Lipinski definition) is 2. The predicted octanol–water partition coefficient (Wildman–Crippen LogP) is 3.16. The largest absolute Gasteiger partial charge is 0.380 e. The standard InChI is InChI=1S/C17H25NO3/c1-12(2)21-11-14-7-6-8-15(13(14)3)18-16(19)17(20)9-4-5-10-17/h6-8,12,20H,4-5,9-11H2,1-3H3,(H,18,19). The van der Waals surface area contributed by atoms with Crippen molar-refractivity contribution in [2.24, 2.45) is 0 Å².